The van der Waals surface area contributed by atoms with E-state index < -0.39 is 6.10 Å². The molecule has 2 N–H and O–H groups in total. The Bertz CT molecular complexity index is 1340. The van der Waals surface area contributed by atoms with Gasteiger partial charge in [-0.25, -0.2) is 0 Å². The molecule has 0 saturated carbocycles. The summed E-state index contributed by atoms with van der Waals surface area (Å²) in [6, 6.07) is 18.6. The van der Waals surface area contributed by atoms with Crippen LogP contribution in [0.5, 0.6) is 5.75 Å². The van der Waals surface area contributed by atoms with Crippen LogP contribution in [0.4, 0.5) is 11.4 Å². The first kappa shape index (κ1) is 21.7. The molecule has 0 bridgehead atoms. The van der Waals surface area contributed by atoms with Crippen LogP contribution >= 0.6 is 11.8 Å². The number of para-hydroxylation sites is 1. The lowest BCUT2D eigenvalue weighted by Gasteiger charge is -2.23. The molecule has 1 atom stereocenters. The van der Waals surface area contributed by atoms with E-state index in [9.17, 15) is 9.59 Å². The maximum Gasteiger partial charge on any atom is 0.265 e. The highest BCUT2D eigenvalue weighted by Gasteiger charge is 2.24. The second-order valence-corrected chi connectivity index (χ2v) is 8.46. The minimum atomic E-state index is -0.553. The van der Waals surface area contributed by atoms with E-state index in [-0.39, 0.29) is 17.6 Å². The summed E-state index contributed by atoms with van der Waals surface area (Å²) in [5, 5.41) is 14.9. The Morgan fingerprint density at radius 1 is 1.15 bits per heavy atom. The molecule has 3 heterocycles. The monoisotopic (exact) mass is 472 g/mol. The summed E-state index contributed by atoms with van der Waals surface area (Å²) in [5.41, 5.74) is 2.79. The minimum Gasteiger partial charge on any atom is -0.479 e. The van der Waals surface area contributed by atoms with E-state index in [1.54, 1.807) is 37.5 Å². The Balaban J connectivity index is 1.33. The number of nitrogens with zero attached hydrogens (tertiary/aromatic N) is 4. The van der Waals surface area contributed by atoms with Gasteiger partial charge in [0.25, 0.3) is 5.91 Å². The number of nitrogens with one attached hydrogen (secondary N) is 2. The quantitative estimate of drug-likeness (QED) is 0.411. The number of rotatable bonds is 6. The number of carbonyl (C=O) groups excluding carboxylic acids is 2. The third-order valence-electron chi connectivity index (χ3n) is 5.09. The average Bonchev–Trinajstić information content (AvgIpc) is 3.29. The molecule has 0 spiro atoms. The largest absolute Gasteiger partial charge is 0.479 e. The van der Waals surface area contributed by atoms with Crippen molar-refractivity contribution in [2.24, 2.45) is 0 Å². The molecule has 34 heavy (non-hydrogen) atoms. The van der Waals surface area contributed by atoms with Crippen LogP contribution in [0.1, 0.15) is 6.92 Å². The van der Waals surface area contributed by atoms with Crippen LogP contribution in [0.25, 0.3) is 17.1 Å². The van der Waals surface area contributed by atoms with E-state index >= 15 is 0 Å². The summed E-state index contributed by atoms with van der Waals surface area (Å²) < 4.78 is 7.46. The van der Waals surface area contributed by atoms with E-state index in [1.165, 1.54) is 11.8 Å². The highest BCUT2D eigenvalue weighted by molar-refractivity contribution is 7.99. The summed E-state index contributed by atoms with van der Waals surface area (Å²) >= 11 is 1.28. The number of thioether (sulfide) groups is 1. The van der Waals surface area contributed by atoms with E-state index in [0.717, 1.165) is 11.3 Å². The Hall–Kier alpha value is -4.18. The molecular weight excluding hydrogens is 452 g/mol. The van der Waals surface area contributed by atoms with Gasteiger partial charge in [0, 0.05) is 29.3 Å². The lowest BCUT2D eigenvalue weighted by Crippen LogP contribution is -2.34. The number of amides is 2. The van der Waals surface area contributed by atoms with Gasteiger partial charge in [-0.1, -0.05) is 30.0 Å². The molecule has 10 heteroatoms. The maximum atomic E-state index is 12.7. The minimum absolute atomic E-state index is 0.120. The highest BCUT2D eigenvalue weighted by atomic mass is 32.2. The van der Waals surface area contributed by atoms with Crippen LogP contribution < -0.4 is 15.4 Å². The van der Waals surface area contributed by atoms with Crippen LogP contribution in [0.2, 0.25) is 0 Å². The molecule has 1 aliphatic rings. The highest BCUT2D eigenvalue weighted by Crippen LogP contribution is 2.32. The molecule has 2 amide bonds. The van der Waals surface area contributed by atoms with Crippen molar-refractivity contribution >= 4 is 35.0 Å². The molecule has 9 nitrogen and oxygen atoms in total. The fraction of sp³-hybridized carbons (Fsp3) is 0.125. The number of benzene rings is 2. The van der Waals surface area contributed by atoms with Gasteiger partial charge in [-0.2, -0.15) is 0 Å². The average molecular weight is 473 g/mol. The third kappa shape index (κ3) is 4.48. The Kier molecular flexibility index (Phi) is 5.96. The Morgan fingerprint density at radius 3 is 2.79 bits per heavy atom. The molecule has 2 aromatic carbocycles. The Labute approximate surface area is 199 Å². The number of fused-ring (bicyclic) bond motifs is 1. The third-order valence-corrected chi connectivity index (χ3v) is 6.02. The summed E-state index contributed by atoms with van der Waals surface area (Å²) in [5.74, 6) is 0.887. The number of anilines is 2. The fourth-order valence-corrected chi connectivity index (χ4v) is 4.22. The van der Waals surface area contributed by atoms with Crippen LogP contribution in [-0.2, 0) is 9.59 Å². The summed E-state index contributed by atoms with van der Waals surface area (Å²) in [6.07, 6.45) is 2.87. The molecule has 0 radical (unpaired) electrons. The smallest absolute Gasteiger partial charge is 0.265 e. The van der Waals surface area contributed by atoms with E-state index in [0.29, 0.717) is 28.1 Å². The van der Waals surface area contributed by atoms with E-state index in [1.807, 2.05) is 47.0 Å². The topological polar surface area (TPSA) is 111 Å². The maximum absolute atomic E-state index is 12.7. The van der Waals surface area contributed by atoms with Crippen molar-refractivity contribution in [3.63, 3.8) is 0 Å². The molecule has 0 aliphatic carbocycles. The zero-order chi connectivity index (χ0) is 23.5. The first-order valence-electron chi connectivity index (χ1n) is 10.5. The number of pyridine rings is 1. The standard InChI is InChI=1S/C24H20N6O3S/c1-15-23(32)27-19-12-17(9-10-20(19)33-15)26-21(31)14-34-24-29-28-22(16-6-5-11-25-13-16)30(24)18-7-3-2-4-8-18/h2-13,15H,14H2,1H3,(H,26,31)(H,27,32)/t15-/m1/s1. The molecule has 0 fully saturated rings. The van der Waals surface area contributed by atoms with Gasteiger partial charge in [0.15, 0.2) is 17.1 Å². The Morgan fingerprint density at radius 2 is 2.00 bits per heavy atom. The molecule has 170 valence electrons. The zero-order valence-electron chi connectivity index (χ0n) is 18.1. The van der Waals surface area contributed by atoms with E-state index in [4.69, 9.17) is 4.74 Å². The molecule has 5 rings (SSSR count). The van der Waals surface area contributed by atoms with Crippen LogP contribution in [0.3, 0.4) is 0 Å². The van der Waals surface area contributed by atoms with Gasteiger partial charge in [0.1, 0.15) is 5.75 Å². The molecule has 0 saturated heterocycles. The number of hydrogen-bond acceptors (Lipinski definition) is 7. The van der Waals surface area contributed by atoms with Crippen molar-refractivity contribution < 1.29 is 14.3 Å². The molecule has 4 aromatic rings. The van der Waals surface area contributed by atoms with Gasteiger partial charge in [0.2, 0.25) is 5.91 Å². The van der Waals surface area contributed by atoms with Crippen molar-refractivity contribution in [3.8, 4) is 22.8 Å². The van der Waals surface area contributed by atoms with E-state index in [2.05, 4.69) is 25.8 Å². The van der Waals surface area contributed by atoms with Gasteiger partial charge < -0.3 is 15.4 Å². The van der Waals surface area contributed by atoms with Crippen LogP contribution in [0.15, 0.2) is 78.2 Å². The fourth-order valence-electron chi connectivity index (χ4n) is 3.47. The number of aromatic nitrogens is 4. The van der Waals surface area contributed by atoms with Gasteiger partial charge in [-0.05, 0) is 49.4 Å². The van der Waals surface area contributed by atoms with Gasteiger partial charge in [-0.15, -0.1) is 10.2 Å². The van der Waals surface area contributed by atoms with Gasteiger partial charge in [0.05, 0.1) is 11.4 Å². The number of hydrogen-bond donors (Lipinski definition) is 2. The normalized spacial score (nSPS) is 14.6. The SMILES string of the molecule is C[C@H]1Oc2ccc(NC(=O)CSc3nnc(-c4cccnc4)n3-c3ccccc3)cc2NC1=O. The van der Waals surface area contributed by atoms with Crippen molar-refractivity contribution in [2.75, 3.05) is 16.4 Å². The second-order valence-electron chi connectivity index (χ2n) is 7.52. The molecule has 0 unspecified atom stereocenters. The van der Waals surface area contributed by atoms with Crippen molar-refractivity contribution in [2.45, 2.75) is 18.2 Å². The van der Waals surface area contributed by atoms with Crippen molar-refractivity contribution in [1.82, 2.24) is 19.7 Å². The van der Waals surface area contributed by atoms with Crippen LogP contribution in [-0.4, -0.2) is 43.4 Å². The first-order chi connectivity index (χ1) is 16.6. The van der Waals surface area contributed by atoms with Gasteiger partial charge >= 0.3 is 0 Å². The lowest BCUT2D eigenvalue weighted by atomic mass is 10.2. The number of ether oxygens (including phenoxy) is 1. The summed E-state index contributed by atoms with van der Waals surface area (Å²) in [4.78, 5) is 28.7. The van der Waals surface area contributed by atoms with Crippen LogP contribution in [0, 0.1) is 0 Å². The van der Waals surface area contributed by atoms with Gasteiger partial charge in [-0.3, -0.25) is 19.1 Å². The molecular formula is C24H20N6O3S. The molecule has 1 aliphatic heterocycles. The molecule has 2 aromatic heterocycles. The summed E-state index contributed by atoms with van der Waals surface area (Å²) in [6.45, 7) is 1.68. The zero-order valence-corrected chi connectivity index (χ0v) is 19.0. The predicted octanol–water partition coefficient (Wildman–Crippen LogP) is 3.78. The van der Waals surface area contributed by atoms with Crippen molar-refractivity contribution in [1.29, 1.82) is 0 Å². The lowest BCUT2D eigenvalue weighted by molar-refractivity contribution is -0.122. The summed E-state index contributed by atoms with van der Waals surface area (Å²) in [7, 11) is 0. The van der Waals surface area contributed by atoms with Crippen molar-refractivity contribution in [3.05, 3.63) is 73.1 Å². The predicted molar refractivity (Wildman–Crippen MR) is 129 cm³/mol. The first-order valence-corrected chi connectivity index (χ1v) is 11.5. The number of carbonyl (C=O) groups is 2. The second kappa shape index (κ2) is 9.36.